The van der Waals surface area contributed by atoms with Crippen LogP contribution in [0.1, 0.15) is 30.6 Å². The fraction of sp³-hybridized carbons (Fsp3) is 0.700. The largest absolute Gasteiger partial charge is 0.391 e. The number of rotatable bonds is 3. The van der Waals surface area contributed by atoms with Crippen molar-refractivity contribution < 1.29 is 5.11 Å². The first-order chi connectivity index (χ1) is 7.22. The number of thiazole rings is 1. The topological polar surface area (TPSA) is 36.4 Å². The molecule has 0 spiro atoms. The Labute approximate surface area is 98.7 Å². The van der Waals surface area contributed by atoms with Gasteiger partial charge in [0.05, 0.1) is 11.5 Å². The molecule has 1 heterocycles. The zero-order valence-electron chi connectivity index (χ0n) is 8.74. The van der Waals surface area contributed by atoms with Crippen molar-refractivity contribution in [1.29, 1.82) is 0 Å². The molecule has 5 heteroatoms. The molecule has 15 heavy (non-hydrogen) atoms. The summed E-state index contributed by atoms with van der Waals surface area (Å²) in [5, 5.41) is 10.4. The zero-order valence-corrected chi connectivity index (χ0v) is 10.3. The summed E-state index contributed by atoms with van der Waals surface area (Å²) in [6, 6.07) is 0.596. The Morgan fingerprint density at radius 2 is 2.20 bits per heavy atom. The summed E-state index contributed by atoms with van der Waals surface area (Å²) in [6.07, 6.45) is 5.09. The van der Waals surface area contributed by atoms with Crippen molar-refractivity contribution in [3.8, 4) is 0 Å². The third kappa shape index (κ3) is 2.27. The predicted octanol–water partition coefficient (Wildman–Crippen LogP) is 2.67. The lowest BCUT2D eigenvalue weighted by atomic mass is 10.2. The lowest BCUT2D eigenvalue weighted by molar-refractivity contribution is 0.285. The molecule has 1 saturated carbocycles. The van der Waals surface area contributed by atoms with Crippen molar-refractivity contribution in [2.24, 2.45) is 0 Å². The second kappa shape index (κ2) is 4.68. The summed E-state index contributed by atoms with van der Waals surface area (Å²) in [5.74, 6) is 0. The number of hydrogen-bond donors (Lipinski definition) is 1. The molecule has 0 bridgehead atoms. The smallest absolute Gasteiger partial charge is 0.187 e. The summed E-state index contributed by atoms with van der Waals surface area (Å²) < 4.78 is 0. The van der Waals surface area contributed by atoms with E-state index in [2.05, 4.69) is 16.9 Å². The molecule has 0 saturated heterocycles. The molecule has 1 aromatic rings. The molecule has 1 aliphatic carbocycles. The number of halogens is 1. The molecular weight excluding hydrogens is 232 g/mol. The van der Waals surface area contributed by atoms with Crippen molar-refractivity contribution in [1.82, 2.24) is 4.98 Å². The van der Waals surface area contributed by atoms with Crippen LogP contribution in [0.2, 0.25) is 5.15 Å². The molecule has 1 aromatic heterocycles. The van der Waals surface area contributed by atoms with Crippen molar-refractivity contribution in [2.45, 2.75) is 38.3 Å². The van der Waals surface area contributed by atoms with Crippen LogP contribution >= 0.6 is 22.9 Å². The Balaban J connectivity index is 2.13. The molecule has 84 valence electrons. The van der Waals surface area contributed by atoms with Crippen LogP contribution in [0.3, 0.4) is 0 Å². The summed E-state index contributed by atoms with van der Waals surface area (Å²) in [7, 11) is 2.06. The van der Waals surface area contributed by atoms with Gasteiger partial charge in [-0.25, -0.2) is 4.98 Å². The van der Waals surface area contributed by atoms with E-state index < -0.39 is 0 Å². The number of anilines is 1. The number of nitrogens with zero attached hydrogens (tertiary/aromatic N) is 2. The zero-order chi connectivity index (χ0) is 10.8. The van der Waals surface area contributed by atoms with Crippen LogP contribution in [-0.4, -0.2) is 23.2 Å². The van der Waals surface area contributed by atoms with Crippen molar-refractivity contribution >= 4 is 28.1 Å². The number of hydrogen-bond acceptors (Lipinski definition) is 4. The standard InChI is InChI=1S/C10H15ClN2OS/c1-13(7-4-2-3-5-7)10-12-9(11)8(6-14)15-10/h7,14H,2-6H2,1H3. The van der Waals surface area contributed by atoms with E-state index in [1.54, 1.807) is 0 Å². The number of aromatic nitrogens is 1. The first kappa shape index (κ1) is 11.2. The highest BCUT2D eigenvalue weighted by atomic mass is 35.5. The van der Waals surface area contributed by atoms with E-state index in [1.165, 1.54) is 37.0 Å². The van der Waals surface area contributed by atoms with Gasteiger partial charge in [-0.3, -0.25) is 0 Å². The first-order valence-corrected chi connectivity index (χ1v) is 6.40. The van der Waals surface area contributed by atoms with Gasteiger partial charge in [0.2, 0.25) is 0 Å². The van der Waals surface area contributed by atoms with Gasteiger partial charge in [-0.1, -0.05) is 35.8 Å². The average molecular weight is 247 g/mol. The highest BCUT2D eigenvalue weighted by molar-refractivity contribution is 7.16. The van der Waals surface area contributed by atoms with Gasteiger partial charge in [-0.2, -0.15) is 0 Å². The van der Waals surface area contributed by atoms with E-state index in [9.17, 15) is 0 Å². The molecule has 0 aliphatic heterocycles. The molecule has 3 nitrogen and oxygen atoms in total. The second-order valence-corrected chi connectivity index (χ2v) is 5.34. The van der Waals surface area contributed by atoms with Gasteiger partial charge in [0.15, 0.2) is 5.13 Å². The quantitative estimate of drug-likeness (QED) is 0.891. The van der Waals surface area contributed by atoms with Gasteiger partial charge >= 0.3 is 0 Å². The third-order valence-electron chi connectivity index (χ3n) is 2.96. The van der Waals surface area contributed by atoms with Gasteiger partial charge in [-0.05, 0) is 12.8 Å². The minimum absolute atomic E-state index is 0.0188. The van der Waals surface area contributed by atoms with E-state index >= 15 is 0 Å². The van der Waals surface area contributed by atoms with Crippen LogP contribution in [0.5, 0.6) is 0 Å². The van der Waals surface area contributed by atoms with Crippen molar-refractivity contribution in [3.05, 3.63) is 10.0 Å². The number of aliphatic hydroxyl groups excluding tert-OH is 1. The van der Waals surface area contributed by atoms with Crippen LogP contribution in [0.4, 0.5) is 5.13 Å². The minimum Gasteiger partial charge on any atom is -0.391 e. The lowest BCUT2D eigenvalue weighted by Gasteiger charge is -2.23. The van der Waals surface area contributed by atoms with Gasteiger partial charge in [0, 0.05) is 13.1 Å². The average Bonchev–Trinajstić information content (AvgIpc) is 2.85. The summed E-state index contributed by atoms with van der Waals surface area (Å²) in [5.41, 5.74) is 0. The molecule has 0 amide bonds. The van der Waals surface area contributed by atoms with E-state index in [-0.39, 0.29) is 6.61 Å². The van der Waals surface area contributed by atoms with Crippen LogP contribution < -0.4 is 4.90 Å². The van der Waals surface area contributed by atoms with Crippen molar-refractivity contribution in [3.63, 3.8) is 0 Å². The lowest BCUT2D eigenvalue weighted by Crippen LogP contribution is -2.28. The summed E-state index contributed by atoms with van der Waals surface area (Å²) in [4.78, 5) is 7.23. The SMILES string of the molecule is CN(c1nc(Cl)c(CO)s1)C1CCCC1. The molecule has 0 unspecified atom stereocenters. The van der Waals surface area contributed by atoms with Crippen LogP contribution in [-0.2, 0) is 6.61 Å². The molecule has 2 rings (SSSR count). The molecule has 0 radical (unpaired) electrons. The number of aliphatic hydroxyl groups is 1. The summed E-state index contributed by atoms with van der Waals surface area (Å²) in [6.45, 7) is -0.0188. The maximum Gasteiger partial charge on any atom is 0.187 e. The van der Waals surface area contributed by atoms with Gasteiger partial charge in [0.1, 0.15) is 5.15 Å². The highest BCUT2D eigenvalue weighted by Crippen LogP contribution is 2.33. The molecule has 1 fully saturated rings. The Kier molecular flexibility index (Phi) is 3.49. The predicted molar refractivity (Wildman–Crippen MR) is 63.7 cm³/mol. The highest BCUT2D eigenvalue weighted by Gasteiger charge is 2.22. The molecule has 0 aromatic carbocycles. The van der Waals surface area contributed by atoms with Crippen LogP contribution in [0.15, 0.2) is 0 Å². The Morgan fingerprint density at radius 1 is 1.53 bits per heavy atom. The van der Waals surface area contributed by atoms with Gasteiger partial charge < -0.3 is 10.0 Å². The van der Waals surface area contributed by atoms with Crippen LogP contribution in [0.25, 0.3) is 0 Å². The maximum absolute atomic E-state index is 9.05. The normalized spacial score (nSPS) is 17.3. The fourth-order valence-electron chi connectivity index (χ4n) is 2.02. The van der Waals surface area contributed by atoms with E-state index in [0.29, 0.717) is 11.2 Å². The van der Waals surface area contributed by atoms with Gasteiger partial charge in [0.25, 0.3) is 0 Å². The van der Waals surface area contributed by atoms with E-state index in [0.717, 1.165) is 10.0 Å². The molecular formula is C10H15ClN2OS. The minimum atomic E-state index is -0.0188. The monoisotopic (exact) mass is 246 g/mol. The van der Waals surface area contributed by atoms with E-state index in [4.69, 9.17) is 16.7 Å². The fourth-order valence-corrected chi connectivity index (χ4v) is 3.17. The molecule has 1 aliphatic rings. The van der Waals surface area contributed by atoms with Gasteiger partial charge in [-0.15, -0.1) is 0 Å². The Hall–Kier alpha value is -0.320. The molecule has 0 atom stereocenters. The summed E-state index contributed by atoms with van der Waals surface area (Å²) >= 11 is 7.40. The third-order valence-corrected chi connectivity index (χ3v) is 4.51. The van der Waals surface area contributed by atoms with E-state index in [1.807, 2.05) is 0 Å². The first-order valence-electron chi connectivity index (χ1n) is 5.21. The second-order valence-electron chi connectivity index (χ2n) is 3.92. The Bertz CT molecular complexity index is 336. The Morgan fingerprint density at radius 3 is 2.73 bits per heavy atom. The van der Waals surface area contributed by atoms with Crippen LogP contribution in [0, 0.1) is 0 Å². The molecule has 1 N–H and O–H groups in total. The van der Waals surface area contributed by atoms with Crippen molar-refractivity contribution in [2.75, 3.05) is 11.9 Å². The maximum atomic E-state index is 9.05.